The zero-order chi connectivity index (χ0) is 13.1. The molecule has 0 bridgehead atoms. The van der Waals surface area contributed by atoms with E-state index in [0.29, 0.717) is 5.92 Å². The maximum atomic E-state index is 11.1. The predicted molar refractivity (Wildman–Crippen MR) is 76.8 cm³/mol. The van der Waals surface area contributed by atoms with Crippen molar-refractivity contribution < 1.29 is 4.79 Å². The van der Waals surface area contributed by atoms with Crippen LogP contribution < -0.4 is 4.90 Å². The van der Waals surface area contributed by atoms with Gasteiger partial charge in [-0.3, -0.25) is 4.79 Å². The zero-order valence-electron chi connectivity index (χ0n) is 11.5. The molecule has 2 heterocycles. The molecule has 2 rings (SSSR count). The van der Waals surface area contributed by atoms with Gasteiger partial charge in [-0.25, -0.2) is 4.98 Å². The summed E-state index contributed by atoms with van der Waals surface area (Å²) in [6.45, 7) is 8.66. The van der Waals surface area contributed by atoms with E-state index in [0.717, 1.165) is 41.0 Å². The molecule has 1 aliphatic heterocycles. The highest BCUT2D eigenvalue weighted by Crippen LogP contribution is 2.31. The van der Waals surface area contributed by atoms with Gasteiger partial charge in [0, 0.05) is 13.1 Å². The maximum absolute atomic E-state index is 11.1. The van der Waals surface area contributed by atoms with Crippen LogP contribution in [0, 0.1) is 5.92 Å². The summed E-state index contributed by atoms with van der Waals surface area (Å²) in [4.78, 5) is 18.9. The third-order valence-corrected chi connectivity index (χ3v) is 4.67. The Morgan fingerprint density at radius 3 is 2.78 bits per heavy atom. The van der Waals surface area contributed by atoms with Crippen molar-refractivity contribution in [3.05, 3.63) is 10.6 Å². The first-order valence-electron chi connectivity index (χ1n) is 6.82. The Morgan fingerprint density at radius 2 is 2.17 bits per heavy atom. The fraction of sp³-hybridized carbons (Fsp3) is 0.714. The first-order valence-corrected chi connectivity index (χ1v) is 7.64. The lowest BCUT2D eigenvalue weighted by molar-refractivity contribution is 0.112. The van der Waals surface area contributed by atoms with Gasteiger partial charge in [0.2, 0.25) is 0 Å². The summed E-state index contributed by atoms with van der Waals surface area (Å²) in [7, 11) is 0. The number of anilines is 1. The van der Waals surface area contributed by atoms with Crippen molar-refractivity contribution in [2.24, 2.45) is 5.92 Å². The summed E-state index contributed by atoms with van der Waals surface area (Å²) >= 11 is 1.55. The Kier molecular flexibility index (Phi) is 4.38. The van der Waals surface area contributed by atoms with Crippen molar-refractivity contribution in [3.63, 3.8) is 0 Å². The molecule has 0 radical (unpaired) electrons. The molecule has 1 aromatic rings. The Labute approximate surface area is 113 Å². The maximum Gasteiger partial charge on any atom is 0.186 e. The lowest BCUT2D eigenvalue weighted by Gasteiger charge is -2.19. The van der Waals surface area contributed by atoms with Crippen LogP contribution in [0.5, 0.6) is 0 Å². The standard InChI is InChI=1S/C14H22N2OS/c1-10(2)13-12(9-17)18-14(15-13)16-7-4-5-11(3)6-8-16/h9-11H,4-8H2,1-3H3. The van der Waals surface area contributed by atoms with Gasteiger partial charge in [-0.15, -0.1) is 0 Å². The Hall–Kier alpha value is -0.900. The van der Waals surface area contributed by atoms with Crippen LogP contribution >= 0.6 is 11.3 Å². The van der Waals surface area contributed by atoms with Crippen molar-refractivity contribution in [1.82, 2.24) is 4.98 Å². The number of rotatable bonds is 3. The number of carbonyl (C=O) groups excluding carboxylic acids is 1. The quantitative estimate of drug-likeness (QED) is 0.782. The van der Waals surface area contributed by atoms with Crippen molar-refractivity contribution in [1.29, 1.82) is 0 Å². The molecule has 0 N–H and O–H groups in total. The van der Waals surface area contributed by atoms with Crippen molar-refractivity contribution >= 4 is 22.8 Å². The highest BCUT2D eigenvalue weighted by Gasteiger charge is 2.20. The predicted octanol–water partition coefficient (Wildman–Crippen LogP) is 3.71. The van der Waals surface area contributed by atoms with Gasteiger partial charge in [-0.1, -0.05) is 32.1 Å². The molecule has 0 saturated carbocycles. The molecule has 3 nitrogen and oxygen atoms in total. The monoisotopic (exact) mass is 266 g/mol. The molecule has 4 heteroatoms. The summed E-state index contributed by atoms with van der Waals surface area (Å²) in [5.74, 6) is 1.13. The minimum Gasteiger partial charge on any atom is -0.348 e. The van der Waals surface area contributed by atoms with Crippen molar-refractivity contribution in [2.75, 3.05) is 18.0 Å². The van der Waals surface area contributed by atoms with Crippen LogP contribution in [0.25, 0.3) is 0 Å². The largest absolute Gasteiger partial charge is 0.348 e. The molecule has 1 aliphatic rings. The van der Waals surface area contributed by atoms with Gasteiger partial charge in [0.25, 0.3) is 0 Å². The number of nitrogens with zero attached hydrogens (tertiary/aromatic N) is 2. The highest BCUT2D eigenvalue weighted by atomic mass is 32.1. The fourth-order valence-corrected chi connectivity index (χ4v) is 3.51. The zero-order valence-corrected chi connectivity index (χ0v) is 12.3. The number of carbonyl (C=O) groups is 1. The van der Waals surface area contributed by atoms with Gasteiger partial charge in [-0.05, 0) is 31.1 Å². The molecule has 0 spiro atoms. The Balaban J connectivity index is 2.19. The van der Waals surface area contributed by atoms with E-state index in [4.69, 9.17) is 0 Å². The van der Waals surface area contributed by atoms with Crippen LogP contribution in [0.4, 0.5) is 5.13 Å². The second kappa shape index (κ2) is 5.83. The van der Waals surface area contributed by atoms with Crippen LogP contribution in [0.3, 0.4) is 0 Å². The van der Waals surface area contributed by atoms with Gasteiger partial charge >= 0.3 is 0 Å². The minimum absolute atomic E-state index is 0.320. The first-order chi connectivity index (χ1) is 8.61. The molecule has 1 atom stereocenters. The average Bonchev–Trinajstić information content (AvgIpc) is 2.66. The van der Waals surface area contributed by atoms with E-state index in [1.54, 1.807) is 11.3 Å². The SMILES string of the molecule is CC1CCCN(c2nc(C(C)C)c(C=O)s2)CC1. The molecule has 1 aromatic heterocycles. The second-order valence-electron chi connectivity index (χ2n) is 5.54. The summed E-state index contributed by atoms with van der Waals surface area (Å²) < 4.78 is 0. The van der Waals surface area contributed by atoms with E-state index in [2.05, 4.69) is 30.7 Å². The number of hydrogen-bond acceptors (Lipinski definition) is 4. The van der Waals surface area contributed by atoms with E-state index in [1.165, 1.54) is 19.3 Å². The summed E-state index contributed by atoms with van der Waals surface area (Å²) in [5.41, 5.74) is 0.960. The first kappa shape index (κ1) is 13.5. The van der Waals surface area contributed by atoms with Crippen molar-refractivity contribution in [2.45, 2.75) is 46.0 Å². The van der Waals surface area contributed by atoms with E-state index in [9.17, 15) is 4.79 Å². The van der Waals surface area contributed by atoms with E-state index < -0.39 is 0 Å². The molecule has 1 fully saturated rings. The summed E-state index contributed by atoms with van der Waals surface area (Å²) in [5, 5.41) is 1.04. The average molecular weight is 266 g/mol. The molecule has 0 aromatic carbocycles. The number of thiazole rings is 1. The lowest BCUT2D eigenvalue weighted by atomic mass is 10.0. The summed E-state index contributed by atoms with van der Waals surface area (Å²) in [6.07, 6.45) is 4.72. The number of aromatic nitrogens is 1. The molecule has 0 aliphatic carbocycles. The molecule has 0 amide bonds. The summed E-state index contributed by atoms with van der Waals surface area (Å²) in [6, 6.07) is 0. The number of aldehydes is 1. The Bertz CT molecular complexity index is 414. The minimum atomic E-state index is 0.320. The third kappa shape index (κ3) is 2.91. The van der Waals surface area contributed by atoms with Crippen LogP contribution in [0.2, 0.25) is 0 Å². The smallest absolute Gasteiger partial charge is 0.186 e. The molecule has 100 valence electrons. The van der Waals surface area contributed by atoms with Crippen LogP contribution in [0.15, 0.2) is 0 Å². The molecule has 1 unspecified atom stereocenters. The molecule has 1 saturated heterocycles. The molecular weight excluding hydrogens is 244 g/mol. The van der Waals surface area contributed by atoms with E-state index in [-0.39, 0.29) is 0 Å². The number of hydrogen-bond donors (Lipinski definition) is 0. The normalized spacial score (nSPS) is 21.1. The van der Waals surface area contributed by atoms with Gasteiger partial charge in [0.05, 0.1) is 10.6 Å². The van der Waals surface area contributed by atoms with Crippen LogP contribution in [0.1, 0.15) is 61.3 Å². The van der Waals surface area contributed by atoms with Crippen LogP contribution in [-0.2, 0) is 0 Å². The van der Waals surface area contributed by atoms with E-state index >= 15 is 0 Å². The molecular formula is C14H22N2OS. The van der Waals surface area contributed by atoms with Gasteiger partial charge in [-0.2, -0.15) is 0 Å². The van der Waals surface area contributed by atoms with Crippen LogP contribution in [-0.4, -0.2) is 24.4 Å². The third-order valence-electron chi connectivity index (χ3n) is 3.61. The van der Waals surface area contributed by atoms with Gasteiger partial charge in [0.15, 0.2) is 11.4 Å². The fourth-order valence-electron chi connectivity index (χ4n) is 2.42. The van der Waals surface area contributed by atoms with Crippen molar-refractivity contribution in [3.8, 4) is 0 Å². The van der Waals surface area contributed by atoms with Gasteiger partial charge < -0.3 is 4.90 Å². The second-order valence-corrected chi connectivity index (χ2v) is 6.55. The highest BCUT2D eigenvalue weighted by molar-refractivity contribution is 7.17. The van der Waals surface area contributed by atoms with Gasteiger partial charge in [0.1, 0.15) is 0 Å². The Morgan fingerprint density at radius 1 is 1.39 bits per heavy atom. The molecule has 18 heavy (non-hydrogen) atoms. The topological polar surface area (TPSA) is 33.2 Å². The lowest BCUT2D eigenvalue weighted by Crippen LogP contribution is -2.23. The van der Waals surface area contributed by atoms with E-state index in [1.807, 2.05) is 0 Å².